The lowest BCUT2D eigenvalue weighted by Gasteiger charge is -2.20. The lowest BCUT2D eigenvalue weighted by molar-refractivity contribution is 0.0226. The monoisotopic (exact) mass is 327 g/mol. The van der Waals surface area contributed by atoms with Crippen molar-refractivity contribution in [3.8, 4) is 11.8 Å². The van der Waals surface area contributed by atoms with E-state index in [0.717, 1.165) is 38.7 Å². The fourth-order valence-corrected chi connectivity index (χ4v) is 2.59. The predicted molar refractivity (Wildman–Crippen MR) is 93.7 cm³/mol. The van der Waals surface area contributed by atoms with Gasteiger partial charge in [0, 0.05) is 29.9 Å². The Morgan fingerprint density at radius 3 is 2.88 bits per heavy atom. The molecule has 0 aromatic heterocycles. The van der Waals surface area contributed by atoms with Crippen molar-refractivity contribution in [1.82, 2.24) is 0 Å². The topological polar surface area (TPSA) is 60.0 Å². The number of hydrogen-bond acceptors (Lipinski definition) is 4. The summed E-state index contributed by atoms with van der Waals surface area (Å²) in [5, 5.41) is 3.67. The largest absolute Gasteiger partial charge is 0.376 e. The number of rotatable bonds is 4. The minimum Gasteiger partial charge on any atom is -0.376 e. The van der Waals surface area contributed by atoms with Gasteiger partial charge < -0.3 is 10.6 Å². The lowest BCUT2D eigenvalue weighted by Crippen LogP contribution is -2.22. The Morgan fingerprint density at radius 2 is 2.21 bits per heavy atom. The first kappa shape index (κ1) is 16.7. The van der Waals surface area contributed by atoms with Crippen molar-refractivity contribution in [2.75, 3.05) is 13.2 Å². The maximum absolute atomic E-state index is 14.3. The average Bonchev–Trinajstić information content (AvgIpc) is 3.43. The summed E-state index contributed by atoms with van der Waals surface area (Å²) in [7, 11) is 0. The molecule has 24 heavy (non-hydrogen) atoms. The van der Waals surface area contributed by atoms with Crippen LogP contribution in [0.2, 0.25) is 0 Å². The van der Waals surface area contributed by atoms with Crippen LogP contribution in [0.4, 0.5) is 4.39 Å². The van der Waals surface area contributed by atoms with Gasteiger partial charge in [0.05, 0.1) is 12.6 Å². The first-order chi connectivity index (χ1) is 11.8. The van der Waals surface area contributed by atoms with Crippen molar-refractivity contribution in [2.45, 2.75) is 38.2 Å². The fraction of sp³-hybridized carbons (Fsp3) is 0.474. The number of halogens is 1. The van der Waals surface area contributed by atoms with E-state index in [1.165, 1.54) is 12.3 Å². The molecular weight excluding hydrogens is 305 g/mol. The van der Waals surface area contributed by atoms with Crippen molar-refractivity contribution >= 4 is 11.9 Å². The van der Waals surface area contributed by atoms with Gasteiger partial charge in [-0.1, -0.05) is 11.8 Å². The van der Waals surface area contributed by atoms with E-state index in [0.29, 0.717) is 29.3 Å². The van der Waals surface area contributed by atoms with Gasteiger partial charge in [-0.15, -0.1) is 0 Å². The molecule has 2 aliphatic rings. The van der Waals surface area contributed by atoms with E-state index in [-0.39, 0.29) is 11.9 Å². The molecule has 0 radical (unpaired) electrons. The third-order valence-corrected chi connectivity index (χ3v) is 4.18. The highest BCUT2D eigenvalue weighted by Crippen LogP contribution is 2.27. The normalized spacial score (nSPS) is 21.5. The highest BCUT2D eigenvalue weighted by Gasteiger charge is 2.18. The van der Waals surface area contributed by atoms with Gasteiger partial charge in [0.1, 0.15) is 11.5 Å². The second-order valence-corrected chi connectivity index (χ2v) is 6.24. The predicted octanol–water partition coefficient (Wildman–Crippen LogP) is 2.89. The number of ether oxygens (including phenoxy) is 1. The summed E-state index contributed by atoms with van der Waals surface area (Å²) in [6, 6.07) is 4.87. The quantitative estimate of drug-likeness (QED) is 0.400. The Hall–Kier alpha value is -2.19. The van der Waals surface area contributed by atoms with Gasteiger partial charge in [-0.25, -0.2) is 4.39 Å². The van der Waals surface area contributed by atoms with Gasteiger partial charge in [0.2, 0.25) is 0 Å². The fourth-order valence-electron chi connectivity index (χ4n) is 2.59. The molecule has 0 bridgehead atoms. The second kappa shape index (κ2) is 8.07. The summed E-state index contributed by atoms with van der Waals surface area (Å²) in [5.41, 5.74) is 1.33. The van der Waals surface area contributed by atoms with Crippen LogP contribution in [0.25, 0.3) is 0 Å². The van der Waals surface area contributed by atoms with Crippen molar-refractivity contribution in [3.05, 3.63) is 35.1 Å². The van der Waals surface area contributed by atoms with Gasteiger partial charge >= 0.3 is 0 Å². The Morgan fingerprint density at radius 1 is 1.33 bits per heavy atom. The van der Waals surface area contributed by atoms with E-state index >= 15 is 0 Å². The summed E-state index contributed by atoms with van der Waals surface area (Å²) >= 11 is 0. The average molecular weight is 327 g/mol. The van der Waals surface area contributed by atoms with Gasteiger partial charge in [-0.2, -0.15) is 5.10 Å². The summed E-state index contributed by atoms with van der Waals surface area (Å²) < 4.78 is 19.9. The van der Waals surface area contributed by atoms with Crippen molar-refractivity contribution in [1.29, 1.82) is 0 Å². The number of nitrogens with two attached hydrogens (primary N) is 1. The third-order valence-electron chi connectivity index (χ3n) is 4.18. The standard InChI is InChI=1S/C19H22FN3O/c20-18-11-15(7-6-14-4-5-14)8-9-17(18)19(23-21)13-22-12-16-3-1-2-10-24-16/h8-9,11,13-14,16H,1-5,10,12,21H2/b22-13?,23-19+. The van der Waals surface area contributed by atoms with Crippen LogP contribution >= 0.6 is 0 Å². The molecule has 1 unspecified atom stereocenters. The first-order valence-electron chi connectivity index (χ1n) is 8.47. The number of hydrogen-bond donors (Lipinski definition) is 1. The molecule has 4 nitrogen and oxygen atoms in total. The van der Waals surface area contributed by atoms with E-state index in [4.69, 9.17) is 10.6 Å². The van der Waals surface area contributed by atoms with Crippen LogP contribution in [0.1, 0.15) is 43.2 Å². The van der Waals surface area contributed by atoms with E-state index in [2.05, 4.69) is 21.9 Å². The molecule has 1 aliphatic carbocycles. The highest BCUT2D eigenvalue weighted by molar-refractivity contribution is 6.38. The van der Waals surface area contributed by atoms with Gasteiger partial charge in [-0.3, -0.25) is 4.99 Å². The summed E-state index contributed by atoms with van der Waals surface area (Å²) in [5.74, 6) is 11.6. The Labute approximate surface area is 142 Å². The van der Waals surface area contributed by atoms with Crippen molar-refractivity contribution in [2.24, 2.45) is 21.9 Å². The van der Waals surface area contributed by atoms with Crippen LogP contribution in [0, 0.1) is 23.6 Å². The molecule has 0 amide bonds. The van der Waals surface area contributed by atoms with Crippen LogP contribution in [-0.2, 0) is 4.74 Å². The van der Waals surface area contributed by atoms with Crippen LogP contribution in [0.15, 0.2) is 28.3 Å². The van der Waals surface area contributed by atoms with Gasteiger partial charge in [-0.05, 0) is 50.3 Å². The minimum atomic E-state index is -0.387. The molecule has 126 valence electrons. The first-order valence-corrected chi connectivity index (χ1v) is 8.47. The zero-order chi connectivity index (χ0) is 16.8. The number of benzene rings is 1. The highest BCUT2D eigenvalue weighted by atomic mass is 19.1. The van der Waals surface area contributed by atoms with Crippen molar-refractivity contribution in [3.63, 3.8) is 0 Å². The van der Waals surface area contributed by atoms with Crippen LogP contribution in [0.5, 0.6) is 0 Å². The Balaban J connectivity index is 1.65. The Bertz CT molecular complexity index is 692. The summed E-state index contributed by atoms with van der Waals surface area (Å²) in [4.78, 5) is 4.32. The number of aliphatic imine (C=N–C) groups is 1. The minimum absolute atomic E-state index is 0.138. The van der Waals surface area contributed by atoms with Crippen LogP contribution < -0.4 is 5.84 Å². The molecule has 1 aromatic carbocycles. The van der Waals surface area contributed by atoms with E-state index in [1.54, 1.807) is 12.1 Å². The molecule has 0 spiro atoms. The molecule has 3 rings (SSSR count). The number of nitrogens with zero attached hydrogens (tertiary/aromatic N) is 2. The molecule has 2 fully saturated rings. The molecule has 1 aromatic rings. The third kappa shape index (κ3) is 4.65. The van der Waals surface area contributed by atoms with Gasteiger partial charge in [0.15, 0.2) is 0 Å². The van der Waals surface area contributed by atoms with E-state index < -0.39 is 0 Å². The lowest BCUT2D eigenvalue weighted by atomic mass is 10.1. The van der Waals surface area contributed by atoms with Crippen LogP contribution in [0.3, 0.4) is 0 Å². The molecular formula is C19H22FN3O. The molecule has 1 atom stereocenters. The SMILES string of the molecule is N/N=C(\C=NCC1CCCCO1)c1ccc(C#CC2CC2)cc1F. The molecule has 1 heterocycles. The Kier molecular flexibility index (Phi) is 5.60. The van der Waals surface area contributed by atoms with Gasteiger partial charge in [0.25, 0.3) is 0 Å². The maximum atomic E-state index is 14.3. The molecule has 2 N–H and O–H groups in total. The molecule has 1 saturated carbocycles. The maximum Gasteiger partial charge on any atom is 0.133 e. The zero-order valence-electron chi connectivity index (χ0n) is 13.7. The zero-order valence-corrected chi connectivity index (χ0v) is 13.7. The summed E-state index contributed by atoms with van der Waals surface area (Å²) in [6.45, 7) is 1.33. The molecule has 5 heteroatoms. The second-order valence-electron chi connectivity index (χ2n) is 6.24. The molecule has 1 aliphatic heterocycles. The smallest absolute Gasteiger partial charge is 0.133 e. The van der Waals surface area contributed by atoms with E-state index in [1.807, 2.05) is 0 Å². The number of hydrazone groups is 1. The summed E-state index contributed by atoms with van der Waals surface area (Å²) in [6.07, 6.45) is 7.24. The molecule has 1 saturated heterocycles. The van der Waals surface area contributed by atoms with Crippen molar-refractivity contribution < 1.29 is 9.13 Å². The van der Waals surface area contributed by atoms with E-state index in [9.17, 15) is 4.39 Å². The van der Waals surface area contributed by atoms with Crippen LogP contribution in [-0.4, -0.2) is 31.2 Å².